The Balaban J connectivity index is 2.04. The first kappa shape index (κ1) is 16.0. The van der Waals surface area contributed by atoms with Gasteiger partial charge in [0.25, 0.3) is 5.91 Å². The number of amides is 1. The van der Waals surface area contributed by atoms with Gasteiger partial charge in [0.1, 0.15) is 0 Å². The molecule has 1 saturated heterocycles. The first-order valence-corrected chi connectivity index (χ1v) is 8.00. The van der Waals surface area contributed by atoms with Crippen molar-refractivity contribution in [1.82, 2.24) is 10.6 Å². The number of benzene rings is 1. The van der Waals surface area contributed by atoms with Crippen molar-refractivity contribution in [2.24, 2.45) is 5.92 Å². The van der Waals surface area contributed by atoms with E-state index in [9.17, 15) is 4.79 Å². The van der Waals surface area contributed by atoms with Crippen LogP contribution in [0.3, 0.4) is 0 Å². The quantitative estimate of drug-likeness (QED) is 0.897. The Morgan fingerprint density at radius 1 is 1.33 bits per heavy atom. The molecule has 1 aromatic carbocycles. The van der Waals surface area contributed by atoms with Crippen LogP contribution in [0.15, 0.2) is 24.3 Å². The van der Waals surface area contributed by atoms with Crippen molar-refractivity contribution in [3.05, 3.63) is 35.4 Å². The molecule has 1 aliphatic rings. The van der Waals surface area contributed by atoms with E-state index in [1.807, 2.05) is 18.2 Å². The van der Waals surface area contributed by atoms with E-state index >= 15 is 0 Å². The molecule has 0 bridgehead atoms. The first-order chi connectivity index (χ1) is 9.89. The van der Waals surface area contributed by atoms with Crippen LogP contribution in [-0.4, -0.2) is 25.0 Å². The molecule has 2 N–H and O–H groups in total. The summed E-state index contributed by atoms with van der Waals surface area (Å²) in [6.07, 6.45) is 2.48. The second kappa shape index (κ2) is 6.61. The van der Waals surface area contributed by atoms with E-state index < -0.39 is 0 Å². The molecular formula is C18H28N2O. The molecule has 2 atom stereocenters. The summed E-state index contributed by atoms with van der Waals surface area (Å²) in [5.74, 6) is 0.664. The normalized spacial score (nSPS) is 22.9. The highest BCUT2D eigenvalue weighted by Gasteiger charge is 2.24. The zero-order valence-corrected chi connectivity index (χ0v) is 13.7. The van der Waals surface area contributed by atoms with Crippen LogP contribution in [0.5, 0.6) is 0 Å². The highest BCUT2D eigenvalue weighted by Crippen LogP contribution is 2.25. The fraction of sp³-hybridized carbons (Fsp3) is 0.611. The second-order valence-electron chi connectivity index (χ2n) is 7.19. The molecule has 1 heterocycles. The van der Waals surface area contributed by atoms with Gasteiger partial charge in [0, 0.05) is 18.2 Å². The molecule has 3 nitrogen and oxygen atoms in total. The van der Waals surface area contributed by atoms with Gasteiger partial charge in [-0.2, -0.15) is 0 Å². The molecular weight excluding hydrogens is 260 g/mol. The summed E-state index contributed by atoms with van der Waals surface area (Å²) in [7, 11) is 0. The Morgan fingerprint density at radius 3 is 2.71 bits per heavy atom. The largest absolute Gasteiger partial charge is 0.350 e. The monoisotopic (exact) mass is 288 g/mol. The van der Waals surface area contributed by atoms with Crippen molar-refractivity contribution in [2.45, 2.75) is 52.0 Å². The Bertz CT molecular complexity index is 490. The Kier molecular flexibility index (Phi) is 5.04. The van der Waals surface area contributed by atoms with Crippen molar-refractivity contribution in [2.75, 3.05) is 13.1 Å². The van der Waals surface area contributed by atoms with E-state index in [-0.39, 0.29) is 11.3 Å². The Hall–Kier alpha value is -1.35. The van der Waals surface area contributed by atoms with E-state index in [0.29, 0.717) is 18.5 Å². The lowest BCUT2D eigenvalue weighted by Gasteiger charge is -2.30. The summed E-state index contributed by atoms with van der Waals surface area (Å²) >= 11 is 0. The number of piperidine rings is 1. The molecule has 116 valence electrons. The van der Waals surface area contributed by atoms with Gasteiger partial charge in [-0.15, -0.1) is 0 Å². The summed E-state index contributed by atoms with van der Waals surface area (Å²) in [5.41, 5.74) is 1.88. The number of carbonyl (C=O) groups excluding carboxylic acids is 1. The van der Waals surface area contributed by atoms with Crippen LogP contribution < -0.4 is 10.6 Å². The number of rotatable bonds is 3. The molecule has 0 aromatic heterocycles. The fourth-order valence-corrected chi connectivity index (χ4v) is 3.02. The maximum atomic E-state index is 12.5. The van der Waals surface area contributed by atoms with Crippen LogP contribution in [0.25, 0.3) is 0 Å². The minimum absolute atomic E-state index is 0.0235. The van der Waals surface area contributed by atoms with Gasteiger partial charge < -0.3 is 10.6 Å². The minimum atomic E-state index is -0.0235. The van der Waals surface area contributed by atoms with Crippen molar-refractivity contribution < 1.29 is 4.79 Å². The lowest BCUT2D eigenvalue weighted by Crippen LogP contribution is -2.48. The third-order valence-corrected chi connectivity index (χ3v) is 4.39. The predicted octanol–water partition coefficient (Wildman–Crippen LogP) is 3.10. The van der Waals surface area contributed by atoms with Crippen LogP contribution in [0.2, 0.25) is 0 Å². The van der Waals surface area contributed by atoms with Gasteiger partial charge in [-0.3, -0.25) is 4.79 Å². The topological polar surface area (TPSA) is 41.1 Å². The van der Waals surface area contributed by atoms with Gasteiger partial charge in [0.05, 0.1) is 0 Å². The second-order valence-corrected chi connectivity index (χ2v) is 7.19. The highest BCUT2D eigenvalue weighted by atomic mass is 16.1. The molecule has 0 spiro atoms. The van der Waals surface area contributed by atoms with Gasteiger partial charge in [-0.05, 0) is 42.3 Å². The van der Waals surface area contributed by atoms with E-state index in [1.165, 1.54) is 12.8 Å². The SMILES string of the molecule is CC1CCCNC1CNC(=O)c1ccccc1C(C)(C)C. The lowest BCUT2D eigenvalue weighted by molar-refractivity contribution is 0.0941. The van der Waals surface area contributed by atoms with Crippen LogP contribution in [0.1, 0.15) is 56.5 Å². The summed E-state index contributed by atoms with van der Waals surface area (Å²) < 4.78 is 0. The molecule has 3 heteroatoms. The van der Waals surface area contributed by atoms with Gasteiger partial charge in [0.15, 0.2) is 0 Å². The third-order valence-electron chi connectivity index (χ3n) is 4.39. The fourth-order valence-electron chi connectivity index (χ4n) is 3.02. The molecule has 21 heavy (non-hydrogen) atoms. The molecule has 0 aliphatic carbocycles. The predicted molar refractivity (Wildman–Crippen MR) is 87.7 cm³/mol. The molecule has 1 fully saturated rings. The molecule has 0 saturated carbocycles. The molecule has 2 unspecified atom stereocenters. The van der Waals surface area contributed by atoms with Gasteiger partial charge >= 0.3 is 0 Å². The smallest absolute Gasteiger partial charge is 0.251 e. The molecule has 0 radical (unpaired) electrons. The summed E-state index contributed by atoms with van der Waals surface area (Å²) in [6.45, 7) is 10.5. The third kappa shape index (κ3) is 4.07. The average Bonchev–Trinajstić information content (AvgIpc) is 2.45. The van der Waals surface area contributed by atoms with Gasteiger partial charge in [0.2, 0.25) is 0 Å². The molecule has 2 rings (SSSR count). The van der Waals surface area contributed by atoms with Crippen molar-refractivity contribution >= 4 is 5.91 Å². The van der Waals surface area contributed by atoms with Crippen LogP contribution in [-0.2, 0) is 5.41 Å². The summed E-state index contributed by atoms with van der Waals surface area (Å²) in [4.78, 5) is 12.5. The lowest BCUT2D eigenvalue weighted by atomic mass is 9.83. The summed E-state index contributed by atoms with van der Waals surface area (Å²) in [5, 5.41) is 6.62. The Morgan fingerprint density at radius 2 is 2.05 bits per heavy atom. The van der Waals surface area contributed by atoms with Gasteiger partial charge in [-0.25, -0.2) is 0 Å². The van der Waals surface area contributed by atoms with Crippen LogP contribution in [0.4, 0.5) is 0 Å². The van der Waals surface area contributed by atoms with E-state index in [2.05, 4.69) is 44.4 Å². The Labute approximate surface area is 128 Å². The van der Waals surface area contributed by atoms with Gasteiger partial charge in [-0.1, -0.05) is 45.9 Å². The number of hydrogen-bond acceptors (Lipinski definition) is 2. The maximum absolute atomic E-state index is 12.5. The molecule has 1 aromatic rings. The van der Waals surface area contributed by atoms with Crippen LogP contribution in [0, 0.1) is 5.92 Å². The van der Waals surface area contributed by atoms with E-state index in [1.54, 1.807) is 0 Å². The number of nitrogens with one attached hydrogen (secondary N) is 2. The molecule has 1 amide bonds. The minimum Gasteiger partial charge on any atom is -0.350 e. The average molecular weight is 288 g/mol. The zero-order valence-electron chi connectivity index (χ0n) is 13.7. The molecule has 1 aliphatic heterocycles. The maximum Gasteiger partial charge on any atom is 0.251 e. The number of carbonyl (C=O) groups is 1. The zero-order chi connectivity index (χ0) is 15.5. The van der Waals surface area contributed by atoms with Crippen molar-refractivity contribution in [3.8, 4) is 0 Å². The summed E-state index contributed by atoms with van der Waals surface area (Å²) in [6, 6.07) is 8.31. The standard InChI is InChI=1S/C18H28N2O/c1-13-8-7-11-19-16(13)12-20-17(21)14-9-5-6-10-15(14)18(2,3)4/h5-6,9-10,13,16,19H,7-8,11-12H2,1-4H3,(H,20,21). The van der Waals surface area contributed by atoms with Crippen LogP contribution >= 0.6 is 0 Å². The van der Waals surface area contributed by atoms with E-state index in [4.69, 9.17) is 0 Å². The van der Waals surface area contributed by atoms with Crippen molar-refractivity contribution in [1.29, 1.82) is 0 Å². The van der Waals surface area contributed by atoms with E-state index in [0.717, 1.165) is 17.7 Å². The highest BCUT2D eigenvalue weighted by molar-refractivity contribution is 5.96. The number of hydrogen-bond donors (Lipinski definition) is 2. The van der Waals surface area contributed by atoms with Crippen molar-refractivity contribution in [3.63, 3.8) is 0 Å². The first-order valence-electron chi connectivity index (χ1n) is 8.00.